The van der Waals surface area contributed by atoms with E-state index < -0.39 is 5.97 Å². The predicted octanol–water partition coefficient (Wildman–Crippen LogP) is 2.05. The molecule has 1 aromatic carbocycles. The van der Waals surface area contributed by atoms with Crippen molar-refractivity contribution >= 4 is 23.5 Å². The molecule has 0 aliphatic carbocycles. The molecule has 1 aromatic heterocycles. The molecule has 0 saturated heterocycles. The topological polar surface area (TPSA) is 88.8 Å². The summed E-state index contributed by atoms with van der Waals surface area (Å²) in [6.07, 6.45) is 1.51. The van der Waals surface area contributed by atoms with E-state index in [2.05, 4.69) is 10.1 Å². The zero-order valence-electron chi connectivity index (χ0n) is 13.4. The number of benzene rings is 1. The van der Waals surface area contributed by atoms with Crippen molar-refractivity contribution in [1.82, 2.24) is 4.90 Å². The van der Waals surface area contributed by atoms with Gasteiger partial charge in [0, 0.05) is 12.6 Å². The lowest BCUT2D eigenvalue weighted by Gasteiger charge is -2.19. The Bertz CT molecular complexity index is 724. The first kappa shape index (κ1) is 17.3. The molecule has 1 heterocycles. The van der Waals surface area contributed by atoms with Gasteiger partial charge in [-0.1, -0.05) is 6.07 Å². The SMILES string of the molecule is COC(=O)c1cccc(NC(=O)CN(Cc2ccco2)C(C)=O)c1. The summed E-state index contributed by atoms with van der Waals surface area (Å²) < 4.78 is 9.83. The number of rotatable bonds is 6. The molecule has 2 amide bonds. The minimum atomic E-state index is -0.491. The Morgan fingerprint density at radius 3 is 2.62 bits per heavy atom. The third-order valence-electron chi connectivity index (χ3n) is 3.27. The normalized spacial score (nSPS) is 10.1. The van der Waals surface area contributed by atoms with Gasteiger partial charge in [0.1, 0.15) is 12.3 Å². The van der Waals surface area contributed by atoms with E-state index in [0.717, 1.165) is 0 Å². The second-order valence-corrected chi connectivity index (χ2v) is 5.08. The fourth-order valence-corrected chi connectivity index (χ4v) is 2.08. The number of carbonyl (C=O) groups excluding carboxylic acids is 3. The van der Waals surface area contributed by atoms with Crippen molar-refractivity contribution in [3.8, 4) is 0 Å². The summed E-state index contributed by atoms with van der Waals surface area (Å²) >= 11 is 0. The van der Waals surface area contributed by atoms with Crippen LogP contribution in [0, 0.1) is 0 Å². The molecule has 2 rings (SSSR count). The van der Waals surface area contributed by atoms with Gasteiger partial charge in [0.05, 0.1) is 25.5 Å². The molecule has 0 spiro atoms. The van der Waals surface area contributed by atoms with Crippen molar-refractivity contribution in [2.45, 2.75) is 13.5 Å². The lowest BCUT2D eigenvalue weighted by molar-refractivity contribution is -0.133. The van der Waals surface area contributed by atoms with E-state index in [1.54, 1.807) is 30.3 Å². The van der Waals surface area contributed by atoms with Gasteiger partial charge in [0.15, 0.2) is 0 Å². The van der Waals surface area contributed by atoms with Gasteiger partial charge in [-0.3, -0.25) is 9.59 Å². The smallest absolute Gasteiger partial charge is 0.337 e. The average molecular weight is 330 g/mol. The van der Waals surface area contributed by atoms with Crippen molar-refractivity contribution < 1.29 is 23.5 Å². The Kier molecular flexibility index (Phi) is 5.73. The number of nitrogens with one attached hydrogen (secondary N) is 1. The largest absolute Gasteiger partial charge is 0.467 e. The summed E-state index contributed by atoms with van der Waals surface area (Å²) in [7, 11) is 1.28. The molecule has 24 heavy (non-hydrogen) atoms. The standard InChI is InChI=1S/C17H18N2O5/c1-12(20)19(10-15-7-4-8-24-15)11-16(21)18-14-6-3-5-13(9-14)17(22)23-2/h3-9H,10-11H2,1-2H3,(H,18,21). The molecule has 7 heteroatoms. The van der Waals surface area contributed by atoms with Gasteiger partial charge in [0.2, 0.25) is 11.8 Å². The monoisotopic (exact) mass is 330 g/mol. The maximum absolute atomic E-state index is 12.2. The molecule has 0 radical (unpaired) electrons. The van der Waals surface area contributed by atoms with Crippen LogP contribution in [0.1, 0.15) is 23.0 Å². The second kappa shape index (κ2) is 7.96. The van der Waals surface area contributed by atoms with E-state index in [4.69, 9.17) is 4.42 Å². The van der Waals surface area contributed by atoms with Crippen LogP contribution in [0.5, 0.6) is 0 Å². The van der Waals surface area contributed by atoms with Crippen LogP contribution < -0.4 is 5.32 Å². The highest BCUT2D eigenvalue weighted by Crippen LogP contribution is 2.12. The summed E-state index contributed by atoms with van der Waals surface area (Å²) in [5.41, 5.74) is 0.777. The Hall–Kier alpha value is -3.09. The molecule has 0 atom stereocenters. The molecule has 0 saturated carbocycles. The average Bonchev–Trinajstić information content (AvgIpc) is 3.06. The van der Waals surface area contributed by atoms with Crippen LogP contribution in [0.4, 0.5) is 5.69 Å². The molecule has 126 valence electrons. The number of nitrogens with zero attached hydrogens (tertiary/aromatic N) is 1. The number of ether oxygens (including phenoxy) is 1. The Morgan fingerprint density at radius 2 is 2.00 bits per heavy atom. The van der Waals surface area contributed by atoms with Crippen LogP contribution in [0.3, 0.4) is 0 Å². The van der Waals surface area contributed by atoms with Crippen LogP contribution in [0.15, 0.2) is 47.1 Å². The van der Waals surface area contributed by atoms with Crippen LogP contribution >= 0.6 is 0 Å². The lowest BCUT2D eigenvalue weighted by Crippen LogP contribution is -2.36. The third-order valence-corrected chi connectivity index (χ3v) is 3.27. The van der Waals surface area contributed by atoms with E-state index in [0.29, 0.717) is 17.0 Å². The minimum absolute atomic E-state index is 0.127. The quantitative estimate of drug-likeness (QED) is 0.819. The van der Waals surface area contributed by atoms with Crippen molar-refractivity contribution in [2.75, 3.05) is 19.0 Å². The Morgan fingerprint density at radius 1 is 1.21 bits per heavy atom. The molecular weight excluding hydrogens is 312 g/mol. The summed E-state index contributed by atoms with van der Waals surface area (Å²) in [5.74, 6) is -0.524. The molecular formula is C17H18N2O5. The van der Waals surface area contributed by atoms with Gasteiger partial charge < -0.3 is 19.4 Å². The van der Waals surface area contributed by atoms with Crippen LogP contribution in [0.25, 0.3) is 0 Å². The van der Waals surface area contributed by atoms with Gasteiger partial charge in [-0.2, -0.15) is 0 Å². The molecule has 7 nitrogen and oxygen atoms in total. The maximum Gasteiger partial charge on any atom is 0.337 e. The van der Waals surface area contributed by atoms with Crippen molar-refractivity contribution in [2.24, 2.45) is 0 Å². The first-order valence-electron chi connectivity index (χ1n) is 7.25. The number of carbonyl (C=O) groups is 3. The number of anilines is 1. The fourth-order valence-electron chi connectivity index (χ4n) is 2.08. The number of esters is 1. The summed E-state index contributed by atoms with van der Waals surface area (Å²) in [6, 6.07) is 9.82. The van der Waals surface area contributed by atoms with Crippen LogP contribution in [-0.4, -0.2) is 36.3 Å². The highest BCUT2D eigenvalue weighted by atomic mass is 16.5. The first-order chi connectivity index (χ1) is 11.5. The second-order valence-electron chi connectivity index (χ2n) is 5.08. The summed E-state index contributed by atoms with van der Waals surface area (Å²) in [6.45, 7) is 1.46. The van der Waals surface area contributed by atoms with Crippen molar-refractivity contribution in [3.05, 3.63) is 54.0 Å². The van der Waals surface area contributed by atoms with Gasteiger partial charge in [-0.15, -0.1) is 0 Å². The zero-order chi connectivity index (χ0) is 17.5. The molecule has 0 unspecified atom stereocenters. The molecule has 2 aromatic rings. The zero-order valence-corrected chi connectivity index (χ0v) is 13.4. The summed E-state index contributed by atoms with van der Waals surface area (Å²) in [5, 5.41) is 2.66. The molecule has 0 bridgehead atoms. The van der Waals surface area contributed by atoms with Gasteiger partial charge in [-0.25, -0.2) is 4.79 Å². The third kappa shape index (κ3) is 4.70. The highest BCUT2D eigenvalue weighted by Gasteiger charge is 2.16. The lowest BCUT2D eigenvalue weighted by atomic mass is 10.2. The van der Waals surface area contributed by atoms with Gasteiger partial charge >= 0.3 is 5.97 Å². The first-order valence-corrected chi connectivity index (χ1v) is 7.25. The number of furan rings is 1. The minimum Gasteiger partial charge on any atom is -0.467 e. The number of methoxy groups -OCH3 is 1. The number of hydrogen-bond donors (Lipinski definition) is 1. The van der Waals surface area contributed by atoms with E-state index in [-0.39, 0.29) is 24.9 Å². The number of hydrogen-bond acceptors (Lipinski definition) is 5. The van der Waals surface area contributed by atoms with E-state index in [1.807, 2.05) is 0 Å². The van der Waals surface area contributed by atoms with Crippen molar-refractivity contribution in [1.29, 1.82) is 0 Å². The molecule has 1 N–H and O–H groups in total. The molecule has 0 fully saturated rings. The highest BCUT2D eigenvalue weighted by molar-refractivity contribution is 5.96. The number of amides is 2. The van der Waals surface area contributed by atoms with E-state index >= 15 is 0 Å². The fraction of sp³-hybridized carbons (Fsp3) is 0.235. The summed E-state index contributed by atoms with van der Waals surface area (Å²) in [4.78, 5) is 36.7. The van der Waals surface area contributed by atoms with Gasteiger partial charge in [0.25, 0.3) is 0 Å². The van der Waals surface area contributed by atoms with Crippen LogP contribution in [-0.2, 0) is 20.9 Å². The van der Waals surface area contributed by atoms with Crippen molar-refractivity contribution in [3.63, 3.8) is 0 Å². The van der Waals surface area contributed by atoms with E-state index in [1.165, 1.54) is 31.3 Å². The maximum atomic E-state index is 12.2. The van der Waals surface area contributed by atoms with Gasteiger partial charge in [-0.05, 0) is 30.3 Å². The molecule has 0 aliphatic rings. The predicted molar refractivity (Wildman–Crippen MR) is 86.2 cm³/mol. The Labute approximate surface area is 139 Å². The Balaban J connectivity index is 2.00. The molecule has 0 aliphatic heterocycles. The van der Waals surface area contributed by atoms with Crippen LogP contribution in [0.2, 0.25) is 0 Å². The van der Waals surface area contributed by atoms with E-state index in [9.17, 15) is 14.4 Å².